The van der Waals surface area contributed by atoms with Crippen LogP contribution in [0.3, 0.4) is 0 Å². The first-order chi connectivity index (χ1) is 10.2. The molecule has 0 fully saturated rings. The van der Waals surface area contributed by atoms with E-state index >= 15 is 0 Å². The number of hydrogen-bond acceptors (Lipinski definition) is 5. The molecule has 6 nitrogen and oxygen atoms in total. The molecule has 0 amide bonds. The van der Waals surface area contributed by atoms with E-state index in [9.17, 15) is 22.9 Å². The minimum atomic E-state index is -3.57. The summed E-state index contributed by atoms with van der Waals surface area (Å²) in [4.78, 5) is 10.2. The molecule has 22 heavy (non-hydrogen) atoms. The number of anilines is 2. The van der Waals surface area contributed by atoms with Crippen LogP contribution in [0.2, 0.25) is 0 Å². The van der Waals surface area contributed by atoms with Crippen molar-refractivity contribution in [2.45, 2.75) is 11.8 Å². The van der Waals surface area contributed by atoms with Crippen LogP contribution < -0.4 is 5.32 Å². The highest BCUT2D eigenvalue weighted by molar-refractivity contribution is 7.90. The van der Waals surface area contributed by atoms with Gasteiger partial charge >= 0.3 is 0 Å². The van der Waals surface area contributed by atoms with Crippen LogP contribution in [0.25, 0.3) is 0 Å². The maximum atomic E-state index is 13.8. The fraction of sp³-hybridized carbons (Fsp3) is 0.143. The molecule has 0 heterocycles. The van der Waals surface area contributed by atoms with E-state index in [0.717, 1.165) is 12.3 Å². The number of rotatable bonds is 4. The van der Waals surface area contributed by atoms with Crippen molar-refractivity contribution in [2.75, 3.05) is 11.6 Å². The summed E-state index contributed by atoms with van der Waals surface area (Å²) in [5.41, 5.74) is 0.355. The van der Waals surface area contributed by atoms with Gasteiger partial charge in [-0.3, -0.25) is 10.1 Å². The Morgan fingerprint density at radius 1 is 1.14 bits per heavy atom. The summed E-state index contributed by atoms with van der Waals surface area (Å²) in [6.07, 6.45) is 0.957. The Bertz CT molecular complexity index is 850. The highest BCUT2D eigenvalue weighted by Gasteiger charge is 2.19. The van der Waals surface area contributed by atoms with E-state index in [1.54, 1.807) is 13.0 Å². The largest absolute Gasteiger partial charge is 0.348 e. The lowest BCUT2D eigenvalue weighted by Crippen LogP contribution is -2.02. The van der Waals surface area contributed by atoms with Crippen LogP contribution in [-0.4, -0.2) is 19.6 Å². The summed E-state index contributed by atoms with van der Waals surface area (Å²) in [5, 5.41) is 13.7. The first-order valence-corrected chi connectivity index (χ1v) is 8.09. The molecular formula is C14H13FN2O4S. The summed E-state index contributed by atoms with van der Waals surface area (Å²) in [6.45, 7) is 1.72. The number of halogens is 1. The Kier molecular flexibility index (Phi) is 4.14. The zero-order chi connectivity index (χ0) is 16.5. The third-order valence-corrected chi connectivity index (χ3v) is 4.10. The van der Waals surface area contributed by atoms with Gasteiger partial charge in [0.2, 0.25) is 0 Å². The predicted molar refractivity (Wildman–Crippen MR) is 80.6 cm³/mol. The third kappa shape index (κ3) is 3.40. The van der Waals surface area contributed by atoms with Crippen molar-refractivity contribution in [3.8, 4) is 0 Å². The molecule has 0 aliphatic rings. The maximum absolute atomic E-state index is 13.8. The lowest BCUT2D eigenvalue weighted by Gasteiger charge is -2.09. The molecular weight excluding hydrogens is 311 g/mol. The summed E-state index contributed by atoms with van der Waals surface area (Å²) < 4.78 is 36.7. The molecule has 0 atom stereocenters. The number of nitro benzene ring substituents is 1. The summed E-state index contributed by atoms with van der Waals surface area (Å²) in [5.74, 6) is -0.554. The first-order valence-electron chi connectivity index (χ1n) is 6.20. The van der Waals surface area contributed by atoms with Crippen molar-refractivity contribution >= 4 is 26.9 Å². The zero-order valence-corrected chi connectivity index (χ0v) is 12.6. The highest BCUT2D eigenvalue weighted by atomic mass is 32.2. The molecule has 0 saturated carbocycles. The molecule has 0 spiro atoms. The fourth-order valence-corrected chi connectivity index (χ4v) is 2.51. The SMILES string of the molecule is Cc1ccc(Nc2ccc(S(C)(=O)=O)cc2[N+](=O)[O-])c(F)c1. The van der Waals surface area contributed by atoms with Gasteiger partial charge in [-0.25, -0.2) is 12.8 Å². The van der Waals surface area contributed by atoms with Crippen molar-refractivity contribution in [2.24, 2.45) is 0 Å². The molecule has 0 aromatic heterocycles. The fourth-order valence-electron chi connectivity index (χ4n) is 1.87. The molecule has 0 saturated heterocycles. The average molecular weight is 324 g/mol. The van der Waals surface area contributed by atoms with Gasteiger partial charge in [0.25, 0.3) is 5.69 Å². The second-order valence-electron chi connectivity index (χ2n) is 4.82. The van der Waals surface area contributed by atoms with Crippen LogP contribution in [0.4, 0.5) is 21.5 Å². The average Bonchev–Trinajstić information content (AvgIpc) is 2.40. The zero-order valence-electron chi connectivity index (χ0n) is 11.8. The van der Waals surface area contributed by atoms with Crippen LogP contribution in [-0.2, 0) is 9.84 Å². The number of benzene rings is 2. The number of sulfone groups is 1. The van der Waals surface area contributed by atoms with E-state index in [4.69, 9.17) is 0 Å². The Morgan fingerprint density at radius 2 is 1.77 bits per heavy atom. The maximum Gasteiger partial charge on any atom is 0.293 e. The van der Waals surface area contributed by atoms with Crippen LogP contribution in [0.5, 0.6) is 0 Å². The topological polar surface area (TPSA) is 89.3 Å². The van der Waals surface area contributed by atoms with Gasteiger partial charge in [-0.2, -0.15) is 0 Å². The molecule has 8 heteroatoms. The quantitative estimate of drug-likeness (QED) is 0.689. The number of nitrogens with zero attached hydrogens (tertiary/aromatic N) is 1. The Balaban J connectivity index is 2.49. The molecule has 0 aliphatic heterocycles. The van der Waals surface area contributed by atoms with Gasteiger partial charge in [0, 0.05) is 12.3 Å². The lowest BCUT2D eigenvalue weighted by atomic mass is 10.2. The molecule has 0 aliphatic carbocycles. The smallest absolute Gasteiger partial charge is 0.293 e. The van der Waals surface area contributed by atoms with Crippen molar-refractivity contribution in [3.05, 3.63) is 57.9 Å². The van der Waals surface area contributed by atoms with E-state index in [2.05, 4.69) is 5.32 Å². The second-order valence-corrected chi connectivity index (χ2v) is 6.83. The van der Waals surface area contributed by atoms with Gasteiger partial charge in [-0.05, 0) is 36.8 Å². The van der Waals surface area contributed by atoms with E-state index in [1.165, 1.54) is 24.3 Å². The van der Waals surface area contributed by atoms with E-state index in [1.807, 2.05) is 0 Å². The highest BCUT2D eigenvalue weighted by Crippen LogP contribution is 2.31. The summed E-state index contributed by atoms with van der Waals surface area (Å²) in [6, 6.07) is 7.83. The number of aryl methyl sites for hydroxylation is 1. The Morgan fingerprint density at radius 3 is 2.32 bits per heavy atom. The van der Waals surface area contributed by atoms with Crippen LogP contribution >= 0.6 is 0 Å². The van der Waals surface area contributed by atoms with E-state index in [-0.39, 0.29) is 16.3 Å². The second kappa shape index (κ2) is 5.72. The van der Waals surface area contributed by atoms with Gasteiger partial charge in [0.15, 0.2) is 9.84 Å². The van der Waals surface area contributed by atoms with Gasteiger partial charge in [0.1, 0.15) is 11.5 Å². The standard InChI is InChI=1S/C14H13FN2O4S/c1-9-3-5-12(11(15)7-9)16-13-6-4-10(22(2,20)21)8-14(13)17(18)19/h3-8,16H,1-2H3. The first kappa shape index (κ1) is 15.9. The van der Waals surface area contributed by atoms with Crippen molar-refractivity contribution in [1.29, 1.82) is 0 Å². The predicted octanol–water partition coefficient (Wildman–Crippen LogP) is 3.19. The summed E-state index contributed by atoms with van der Waals surface area (Å²) >= 11 is 0. The van der Waals surface area contributed by atoms with Crippen molar-refractivity contribution in [1.82, 2.24) is 0 Å². The van der Waals surface area contributed by atoms with E-state index in [0.29, 0.717) is 5.56 Å². The normalized spacial score (nSPS) is 11.2. The number of nitro groups is 1. The number of hydrogen-bond donors (Lipinski definition) is 1. The van der Waals surface area contributed by atoms with Crippen LogP contribution in [0.1, 0.15) is 5.56 Å². The number of nitrogens with one attached hydrogen (secondary N) is 1. The minimum absolute atomic E-state index is 0.0140. The lowest BCUT2D eigenvalue weighted by molar-refractivity contribution is -0.384. The molecule has 2 aromatic carbocycles. The van der Waals surface area contributed by atoms with Crippen molar-refractivity contribution in [3.63, 3.8) is 0 Å². The van der Waals surface area contributed by atoms with Gasteiger partial charge in [-0.15, -0.1) is 0 Å². The van der Waals surface area contributed by atoms with Crippen LogP contribution in [0.15, 0.2) is 41.3 Å². The molecule has 2 rings (SSSR count). The Labute approximate surface area is 126 Å². The van der Waals surface area contributed by atoms with Crippen LogP contribution in [0, 0.1) is 22.9 Å². The molecule has 1 N–H and O–H groups in total. The summed E-state index contributed by atoms with van der Waals surface area (Å²) in [7, 11) is -3.57. The molecule has 0 radical (unpaired) electrons. The molecule has 116 valence electrons. The van der Waals surface area contributed by atoms with Gasteiger partial charge in [0.05, 0.1) is 15.5 Å². The minimum Gasteiger partial charge on any atom is -0.348 e. The Hall–Kier alpha value is -2.48. The van der Waals surface area contributed by atoms with E-state index < -0.39 is 26.3 Å². The molecule has 0 bridgehead atoms. The molecule has 0 unspecified atom stereocenters. The third-order valence-electron chi connectivity index (χ3n) is 2.99. The van der Waals surface area contributed by atoms with Crippen molar-refractivity contribution < 1.29 is 17.7 Å². The molecule has 2 aromatic rings. The monoisotopic (exact) mass is 324 g/mol. The van der Waals surface area contributed by atoms with Gasteiger partial charge in [-0.1, -0.05) is 6.07 Å². The van der Waals surface area contributed by atoms with Gasteiger partial charge < -0.3 is 5.32 Å².